The predicted molar refractivity (Wildman–Crippen MR) is 73.4 cm³/mol. The summed E-state index contributed by atoms with van der Waals surface area (Å²) >= 11 is 1.06. The van der Waals surface area contributed by atoms with Gasteiger partial charge in [-0.15, -0.1) is 11.3 Å². The van der Waals surface area contributed by atoms with Gasteiger partial charge in [0.05, 0.1) is 9.77 Å². The van der Waals surface area contributed by atoms with Crippen molar-refractivity contribution in [3.05, 3.63) is 15.8 Å². The summed E-state index contributed by atoms with van der Waals surface area (Å²) in [6.45, 7) is 1.86. The van der Waals surface area contributed by atoms with E-state index in [4.69, 9.17) is 10.7 Å². The minimum absolute atomic E-state index is 0.0432. The molecule has 1 aromatic rings. The molecule has 0 fully saturated rings. The maximum absolute atomic E-state index is 11.7. The molecule has 0 spiro atoms. The van der Waals surface area contributed by atoms with E-state index in [-0.39, 0.29) is 22.2 Å². The van der Waals surface area contributed by atoms with Crippen LogP contribution in [0.1, 0.15) is 14.5 Å². The molecule has 1 heterocycles. The normalized spacial score (nSPS) is 13.3. The van der Waals surface area contributed by atoms with Crippen LogP contribution in [0.2, 0.25) is 0 Å². The molecule has 0 aromatic carbocycles. The second-order valence-corrected chi connectivity index (χ2v) is 8.85. The van der Waals surface area contributed by atoms with Crippen molar-refractivity contribution >= 4 is 47.8 Å². The lowest BCUT2D eigenvalue weighted by atomic mass is 10.4. The number of nitrogens with one attached hydrogen (secondary N) is 1. The second-order valence-electron chi connectivity index (χ2n) is 3.50. The third-order valence-electron chi connectivity index (χ3n) is 2.03. The fourth-order valence-electron chi connectivity index (χ4n) is 1.21. The van der Waals surface area contributed by atoms with Crippen LogP contribution in [0.25, 0.3) is 0 Å². The summed E-state index contributed by atoms with van der Waals surface area (Å²) in [6, 6.07) is 1.25. The van der Waals surface area contributed by atoms with Crippen molar-refractivity contribution in [1.82, 2.24) is 5.32 Å². The van der Waals surface area contributed by atoms with Gasteiger partial charge in [-0.2, -0.15) is 0 Å². The Bertz CT molecular complexity index is 579. The van der Waals surface area contributed by atoms with Crippen LogP contribution < -0.4 is 5.32 Å². The van der Waals surface area contributed by atoms with E-state index in [2.05, 4.69) is 5.32 Å². The number of hydrogen-bond donors (Lipinski definition) is 1. The van der Waals surface area contributed by atoms with Crippen molar-refractivity contribution in [1.29, 1.82) is 0 Å². The van der Waals surface area contributed by atoms with E-state index in [0.717, 1.165) is 11.3 Å². The molecule has 0 bridgehead atoms. The summed E-state index contributed by atoms with van der Waals surface area (Å²) in [7, 11) is 0.429. The van der Waals surface area contributed by atoms with Gasteiger partial charge < -0.3 is 5.32 Å². The lowest BCUT2D eigenvalue weighted by Crippen LogP contribution is -2.26. The molecular formula is C9H12ClNO4S3. The molecular weight excluding hydrogens is 318 g/mol. The molecule has 9 heteroatoms. The quantitative estimate of drug-likeness (QED) is 0.820. The molecule has 5 nitrogen and oxygen atoms in total. The maximum Gasteiger partial charge on any atom is 0.262 e. The van der Waals surface area contributed by atoms with Crippen molar-refractivity contribution < 1.29 is 17.4 Å². The average Bonchev–Trinajstić information content (AvgIpc) is 2.59. The number of carbonyl (C=O) groups excluding carboxylic acids is 1. The summed E-state index contributed by atoms with van der Waals surface area (Å²) in [5.74, 6) is -0.0309. The van der Waals surface area contributed by atoms with Gasteiger partial charge in [0.2, 0.25) is 0 Å². The molecule has 0 aliphatic carbocycles. The number of hydrogen-bond acceptors (Lipinski definition) is 5. The molecule has 0 aliphatic rings. The van der Waals surface area contributed by atoms with Gasteiger partial charge in [0.1, 0.15) is 0 Å². The van der Waals surface area contributed by atoms with E-state index >= 15 is 0 Å². The molecule has 1 aromatic heterocycles. The zero-order valence-corrected chi connectivity index (χ0v) is 12.9. The maximum atomic E-state index is 11.7. The Hall–Kier alpha value is -0.440. The van der Waals surface area contributed by atoms with Crippen LogP contribution in [-0.4, -0.2) is 37.1 Å². The Labute approximate surface area is 116 Å². The van der Waals surface area contributed by atoms with Crippen LogP contribution in [0.15, 0.2) is 11.0 Å². The fourth-order valence-corrected chi connectivity index (χ4v) is 4.18. The van der Waals surface area contributed by atoms with E-state index in [1.54, 1.807) is 13.2 Å². The zero-order valence-electron chi connectivity index (χ0n) is 9.73. The van der Waals surface area contributed by atoms with Crippen molar-refractivity contribution in [2.45, 2.75) is 11.8 Å². The third kappa shape index (κ3) is 4.34. The first kappa shape index (κ1) is 15.6. The molecule has 18 heavy (non-hydrogen) atoms. The zero-order chi connectivity index (χ0) is 13.9. The lowest BCUT2D eigenvalue weighted by Gasteiger charge is -2.00. The van der Waals surface area contributed by atoms with Gasteiger partial charge >= 0.3 is 0 Å². The lowest BCUT2D eigenvalue weighted by molar-refractivity contribution is 0.0960. The van der Waals surface area contributed by atoms with Crippen molar-refractivity contribution in [3.63, 3.8) is 0 Å². The monoisotopic (exact) mass is 329 g/mol. The van der Waals surface area contributed by atoms with E-state index in [1.807, 2.05) is 0 Å². The molecule has 0 saturated heterocycles. The summed E-state index contributed by atoms with van der Waals surface area (Å²) < 4.78 is 33.2. The Balaban J connectivity index is 2.79. The predicted octanol–water partition coefficient (Wildman–Crippen LogP) is 1.09. The highest BCUT2D eigenvalue weighted by atomic mass is 35.7. The van der Waals surface area contributed by atoms with Gasteiger partial charge in [-0.3, -0.25) is 9.00 Å². The third-order valence-corrected chi connectivity index (χ3v) is 5.44. The Morgan fingerprint density at radius 1 is 1.56 bits per heavy atom. The number of amides is 1. The summed E-state index contributed by atoms with van der Waals surface area (Å²) in [4.78, 5) is 12.4. The van der Waals surface area contributed by atoms with Crippen LogP contribution in [0.3, 0.4) is 0 Å². The largest absolute Gasteiger partial charge is 0.350 e. The molecule has 1 atom stereocenters. The van der Waals surface area contributed by atoms with Crippen LogP contribution in [-0.2, 0) is 19.9 Å². The topological polar surface area (TPSA) is 80.3 Å². The highest BCUT2D eigenvalue weighted by Crippen LogP contribution is 2.28. The molecule has 1 rings (SSSR count). The van der Waals surface area contributed by atoms with Gasteiger partial charge in [0, 0.05) is 44.9 Å². The van der Waals surface area contributed by atoms with Gasteiger partial charge in [0.15, 0.2) is 0 Å². The number of halogens is 1. The van der Waals surface area contributed by atoms with Crippen molar-refractivity contribution in [2.75, 3.05) is 18.6 Å². The minimum Gasteiger partial charge on any atom is -0.350 e. The molecule has 0 aliphatic heterocycles. The fraction of sp³-hybridized carbons (Fsp3) is 0.444. The Morgan fingerprint density at radius 3 is 2.61 bits per heavy atom. The average molecular weight is 330 g/mol. The second kappa shape index (κ2) is 6.14. The van der Waals surface area contributed by atoms with E-state index in [0.29, 0.717) is 10.6 Å². The van der Waals surface area contributed by atoms with Crippen LogP contribution in [0.4, 0.5) is 0 Å². The number of carbonyl (C=O) groups is 1. The highest BCUT2D eigenvalue weighted by molar-refractivity contribution is 8.13. The van der Waals surface area contributed by atoms with Crippen LogP contribution in [0.5, 0.6) is 0 Å². The summed E-state index contributed by atoms with van der Waals surface area (Å²) in [5.41, 5.74) is 0. The first-order valence-corrected chi connectivity index (χ1v) is 9.70. The molecule has 1 amide bonds. The van der Waals surface area contributed by atoms with Gasteiger partial charge in [-0.25, -0.2) is 8.42 Å². The molecule has 1 N–H and O–H groups in total. The van der Waals surface area contributed by atoms with Crippen molar-refractivity contribution in [3.8, 4) is 0 Å². The molecule has 0 radical (unpaired) electrons. The van der Waals surface area contributed by atoms with E-state index in [9.17, 15) is 17.4 Å². The highest BCUT2D eigenvalue weighted by Gasteiger charge is 2.20. The summed E-state index contributed by atoms with van der Waals surface area (Å²) in [5, 5.41) is 2.56. The standard InChI is InChI=1S/C9H12ClNO4S3/c1-6-8(18(10,14)15)5-7(16-6)9(12)11-3-4-17(2)13/h5H,3-4H2,1-2H3,(H,11,12). The summed E-state index contributed by atoms with van der Waals surface area (Å²) in [6.07, 6.45) is 1.54. The Morgan fingerprint density at radius 2 is 2.17 bits per heavy atom. The smallest absolute Gasteiger partial charge is 0.262 e. The SMILES string of the molecule is Cc1sc(C(=O)NCCS(C)=O)cc1S(=O)(=O)Cl. The number of rotatable bonds is 5. The Kier molecular flexibility index (Phi) is 5.32. The van der Waals surface area contributed by atoms with Crippen LogP contribution in [0, 0.1) is 6.92 Å². The van der Waals surface area contributed by atoms with E-state index in [1.165, 1.54) is 6.07 Å². The van der Waals surface area contributed by atoms with Crippen LogP contribution >= 0.6 is 22.0 Å². The number of aryl methyl sites for hydroxylation is 1. The van der Waals surface area contributed by atoms with Gasteiger partial charge in [-0.1, -0.05) is 0 Å². The first-order valence-electron chi connectivity index (χ1n) is 4.85. The molecule has 102 valence electrons. The molecule has 1 unspecified atom stereocenters. The molecule has 0 saturated carbocycles. The minimum atomic E-state index is -3.83. The van der Waals surface area contributed by atoms with Gasteiger partial charge in [0.25, 0.3) is 15.0 Å². The van der Waals surface area contributed by atoms with Gasteiger partial charge in [-0.05, 0) is 13.0 Å². The van der Waals surface area contributed by atoms with Crippen molar-refractivity contribution in [2.24, 2.45) is 0 Å². The van der Waals surface area contributed by atoms with E-state index < -0.39 is 19.9 Å². The number of thiophene rings is 1. The first-order chi connectivity index (χ1) is 8.21.